The van der Waals surface area contributed by atoms with Crippen LogP contribution in [0.15, 0.2) is 42.0 Å². The zero-order chi connectivity index (χ0) is 25.4. The van der Waals surface area contributed by atoms with Crippen LogP contribution in [0, 0.1) is 11.5 Å². The van der Waals surface area contributed by atoms with Crippen LogP contribution in [0.25, 0.3) is 0 Å². The number of anilines is 1. The molecule has 4 heterocycles. The fourth-order valence-corrected chi connectivity index (χ4v) is 4.58. The van der Waals surface area contributed by atoms with Crippen LogP contribution in [0.1, 0.15) is 12.0 Å². The second-order valence-corrected chi connectivity index (χ2v) is 14.4. The average molecular weight is 505 g/mol. The standard InChI is InChI=1S/C23H27F3N6O2Si/c1-35(2,3)11-8-15-6-9-27-19(12-15)30-22(34)32-16-7-10-31(13-16)18-5-4-17(29-20(18)32)21(33)28-14-23(24,25)26/h4-6,9,12,16-17,29H,7,10,13-14H2,1-3H3,(H,28,33)(H,27,30,34)/t16-,17?/m0/s1. The topological polar surface area (TPSA) is 89.6 Å². The number of amides is 3. The Morgan fingerprint density at radius 3 is 2.80 bits per heavy atom. The molecular formula is C23H27F3N6O2Si. The van der Waals surface area contributed by atoms with Crippen molar-refractivity contribution in [3.05, 3.63) is 47.6 Å². The summed E-state index contributed by atoms with van der Waals surface area (Å²) in [6.45, 7) is 6.34. The number of allylic oxidation sites excluding steroid dienone is 1. The lowest BCUT2D eigenvalue weighted by Gasteiger charge is -2.40. The molecule has 1 unspecified atom stereocenters. The molecule has 0 saturated carbocycles. The largest absolute Gasteiger partial charge is 0.405 e. The highest BCUT2D eigenvalue weighted by atomic mass is 28.3. The lowest BCUT2D eigenvalue weighted by atomic mass is 10.1. The first-order valence-electron chi connectivity index (χ1n) is 11.3. The second-order valence-electron chi connectivity index (χ2n) is 9.67. The number of aromatic nitrogens is 1. The van der Waals surface area contributed by atoms with Crippen molar-refractivity contribution in [1.29, 1.82) is 0 Å². The van der Waals surface area contributed by atoms with Crippen LogP contribution in [0.5, 0.6) is 0 Å². The molecule has 3 N–H and O–H groups in total. The Morgan fingerprint density at radius 1 is 1.31 bits per heavy atom. The molecular weight excluding hydrogens is 477 g/mol. The summed E-state index contributed by atoms with van der Waals surface area (Å²) >= 11 is 0. The second kappa shape index (κ2) is 9.29. The first kappa shape index (κ1) is 24.7. The van der Waals surface area contributed by atoms with Gasteiger partial charge >= 0.3 is 12.2 Å². The van der Waals surface area contributed by atoms with Crippen LogP contribution in [-0.2, 0) is 4.79 Å². The minimum absolute atomic E-state index is 0.151. The summed E-state index contributed by atoms with van der Waals surface area (Å²) < 4.78 is 37.6. The predicted octanol–water partition coefficient (Wildman–Crippen LogP) is 2.61. The number of pyridine rings is 1. The van der Waals surface area contributed by atoms with E-state index in [1.54, 1.807) is 24.4 Å². The Balaban J connectivity index is 1.52. The van der Waals surface area contributed by atoms with E-state index in [9.17, 15) is 22.8 Å². The van der Waals surface area contributed by atoms with Crippen molar-refractivity contribution < 1.29 is 22.8 Å². The van der Waals surface area contributed by atoms with E-state index in [-0.39, 0.29) is 6.04 Å². The number of carbonyl (C=O) groups is 2. The predicted molar refractivity (Wildman–Crippen MR) is 127 cm³/mol. The van der Waals surface area contributed by atoms with Gasteiger partial charge in [-0.3, -0.25) is 15.0 Å². The van der Waals surface area contributed by atoms with Crippen LogP contribution in [0.2, 0.25) is 19.6 Å². The number of rotatable bonds is 3. The smallest absolute Gasteiger partial charge is 0.366 e. The molecule has 0 aromatic carbocycles. The normalized spacial score (nSPS) is 21.1. The molecule has 0 spiro atoms. The maximum atomic E-state index is 13.4. The molecule has 2 bridgehead atoms. The van der Waals surface area contributed by atoms with Gasteiger partial charge in [0.25, 0.3) is 0 Å². The summed E-state index contributed by atoms with van der Waals surface area (Å²) in [5, 5.41) is 7.65. The van der Waals surface area contributed by atoms with E-state index in [4.69, 9.17) is 0 Å². The number of dihydropyridines is 1. The Bertz CT molecular complexity index is 1150. The van der Waals surface area contributed by atoms with E-state index >= 15 is 0 Å². The molecule has 3 aliphatic rings. The molecule has 4 rings (SSSR count). The third-order valence-corrected chi connectivity index (χ3v) is 6.51. The van der Waals surface area contributed by atoms with E-state index in [0.29, 0.717) is 18.2 Å². The molecule has 8 nitrogen and oxygen atoms in total. The molecule has 12 heteroatoms. The molecule has 3 aliphatic heterocycles. The number of fused-ring (bicyclic) bond motifs is 3. The van der Waals surface area contributed by atoms with Gasteiger partial charge < -0.3 is 15.5 Å². The molecule has 0 radical (unpaired) electrons. The van der Waals surface area contributed by atoms with Crippen molar-refractivity contribution in [2.24, 2.45) is 0 Å². The SMILES string of the molecule is C[Si](C)(C)C#Cc1ccnc(NC(=O)N2C3=C(C=CC(C(=O)NCC(F)(F)F)N3)N3CC[C@H]2C3)c1. The van der Waals surface area contributed by atoms with Crippen molar-refractivity contribution in [3.8, 4) is 11.5 Å². The number of hydrogen-bond donors (Lipinski definition) is 3. The molecule has 2 atom stereocenters. The Kier molecular flexibility index (Phi) is 6.55. The van der Waals surface area contributed by atoms with Gasteiger partial charge in [-0.2, -0.15) is 13.2 Å². The van der Waals surface area contributed by atoms with Gasteiger partial charge in [-0.1, -0.05) is 31.6 Å². The molecule has 1 aromatic rings. The zero-order valence-electron chi connectivity index (χ0n) is 19.7. The molecule has 3 amide bonds. The van der Waals surface area contributed by atoms with Crippen LogP contribution >= 0.6 is 0 Å². The zero-order valence-corrected chi connectivity index (χ0v) is 20.7. The van der Waals surface area contributed by atoms with Gasteiger partial charge in [-0.05, 0) is 24.6 Å². The average Bonchev–Trinajstić information content (AvgIpc) is 3.19. The highest BCUT2D eigenvalue weighted by molar-refractivity contribution is 6.83. The summed E-state index contributed by atoms with van der Waals surface area (Å²) in [4.78, 5) is 33.5. The quantitative estimate of drug-likeness (QED) is 0.435. The summed E-state index contributed by atoms with van der Waals surface area (Å²) in [6, 6.07) is 1.85. The van der Waals surface area contributed by atoms with Crippen molar-refractivity contribution >= 4 is 25.8 Å². The van der Waals surface area contributed by atoms with Gasteiger partial charge in [0.15, 0.2) is 0 Å². The van der Waals surface area contributed by atoms with Gasteiger partial charge in [0.1, 0.15) is 32.3 Å². The highest BCUT2D eigenvalue weighted by Gasteiger charge is 2.43. The monoisotopic (exact) mass is 504 g/mol. The number of nitrogens with zero attached hydrogens (tertiary/aromatic N) is 3. The number of halogens is 3. The number of carbonyl (C=O) groups excluding carboxylic acids is 2. The molecule has 186 valence electrons. The van der Waals surface area contributed by atoms with Gasteiger partial charge in [0, 0.05) is 24.8 Å². The van der Waals surface area contributed by atoms with Crippen LogP contribution in [0.4, 0.5) is 23.8 Å². The fraction of sp³-hybridized carbons (Fsp3) is 0.435. The number of hydrogen-bond acceptors (Lipinski definition) is 5. The minimum atomic E-state index is -4.51. The maximum absolute atomic E-state index is 13.4. The fourth-order valence-electron chi connectivity index (χ4n) is 4.06. The minimum Gasteiger partial charge on any atom is -0.366 e. The maximum Gasteiger partial charge on any atom is 0.405 e. The van der Waals surface area contributed by atoms with E-state index in [2.05, 4.69) is 51.6 Å². The van der Waals surface area contributed by atoms with E-state index < -0.39 is 38.8 Å². The third kappa shape index (κ3) is 5.97. The van der Waals surface area contributed by atoms with Crippen molar-refractivity contribution in [2.75, 3.05) is 25.0 Å². The molecule has 1 fully saturated rings. The first-order valence-corrected chi connectivity index (χ1v) is 14.8. The van der Waals surface area contributed by atoms with Crippen LogP contribution in [-0.4, -0.2) is 72.7 Å². The third-order valence-electron chi connectivity index (χ3n) is 5.63. The summed E-state index contributed by atoms with van der Waals surface area (Å²) in [6.07, 6.45) is 0.958. The first-order chi connectivity index (χ1) is 16.4. The number of nitrogens with one attached hydrogen (secondary N) is 3. The Morgan fingerprint density at radius 2 is 2.09 bits per heavy atom. The molecule has 0 aliphatic carbocycles. The van der Waals surface area contributed by atoms with Crippen molar-refractivity contribution in [2.45, 2.75) is 44.3 Å². The van der Waals surface area contributed by atoms with E-state index in [1.807, 2.05) is 5.32 Å². The van der Waals surface area contributed by atoms with Crippen molar-refractivity contribution in [1.82, 2.24) is 25.4 Å². The number of alkyl halides is 3. The summed E-state index contributed by atoms with van der Waals surface area (Å²) in [5.74, 6) is 3.04. The Labute approximate surface area is 202 Å². The number of urea groups is 1. The van der Waals surface area contributed by atoms with Gasteiger partial charge in [0.05, 0.1) is 11.7 Å². The van der Waals surface area contributed by atoms with Crippen molar-refractivity contribution in [3.63, 3.8) is 0 Å². The lowest BCUT2D eigenvalue weighted by molar-refractivity contribution is -0.138. The van der Waals surface area contributed by atoms with Gasteiger partial charge in [-0.25, -0.2) is 9.78 Å². The summed E-state index contributed by atoms with van der Waals surface area (Å²) in [7, 11) is -1.58. The summed E-state index contributed by atoms with van der Waals surface area (Å²) in [5.41, 5.74) is 4.73. The highest BCUT2D eigenvalue weighted by Crippen LogP contribution is 2.33. The lowest BCUT2D eigenvalue weighted by Crippen LogP contribution is -2.56. The Hall–Kier alpha value is -3.46. The van der Waals surface area contributed by atoms with E-state index in [0.717, 1.165) is 24.2 Å². The van der Waals surface area contributed by atoms with Gasteiger partial charge in [0.2, 0.25) is 5.91 Å². The van der Waals surface area contributed by atoms with E-state index in [1.165, 1.54) is 11.0 Å². The molecule has 1 aromatic heterocycles. The van der Waals surface area contributed by atoms with Crippen LogP contribution < -0.4 is 16.0 Å². The molecule has 35 heavy (non-hydrogen) atoms. The van der Waals surface area contributed by atoms with Gasteiger partial charge in [-0.15, -0.1) is 5.54 Å². The van der Waals surface area contributed by atoms with Crippen LogP contribution in [0.3, 0.4) is 0 Å². The molecule has 1 saturated heterocycles.